The van der Waals surface area contributed by atoms with E-state index in [1.54, 1.807) is 0 Å². The number of methoxy groups -OCH3 is 1. The van der Waals surface area contributed by atoms with Gasteiger partial charge in [-0.25, -0.2) is 13.1 Å². The molecule has 0 aromatic carbocycles. The number of hydrogen-bond donors (Lipinski definition) is 2. The summed E-state index contributed by atoms with van der Waals surface area (Å²) >= 11 is 0. The van der Waals surface area contributed by atoms with Gasteiger partial charge in [-0.1, -0.05) is 19.8 Å². The van der Waals surface area contributed by atoms with Crippen LogP contribution < -0.4 is 4.72 Å². The summed E-state index contributed by atoms with van der Waals surface area (Å²) in [6, 6.07) is 0. The Hall–Kier alpha value is -0.660. The van der Waals surface area contributed by atoms with Crippen LogP contribution in [-0.4, -0.2) is 44.5 Å². The van der Waals surface area contributed by atoms with Gasteiger partial charge in [0.25, 0.3) is 0 Å². The Balaban J connectivity index is 2.66. The van der Waals surface area contributed by atoms with E-state index in [0.717, 1.165) is 12.8 Å². The number of ether oxygens (including phenoxy) is 1. The van der Waals surface area contributed by atoms with Crippen LogP contribution in [0.1, 0.15) is 39.0 Å². The van der Waals surface area contributed by atoms with Gasteiger partial charge in [0.1, 0.15) is 0 Å². The molecule has 0 aromatic heterocycles. The molecule has 1 rings (SSSR count). The summed E-state index contributed by atoms with van der Waals surface area (Å²) in [5.74, 6) is -0.486. The molecule has 1 aliphatic carbocycles. The first-order chi connectivity index (χ1) is 8.82. The smallest absolute Gasteiger partial charge is 0.306 e. The van der Waals surface area contributed by atoms with Crippen LogP contribution in [-0.2, 0) is 19.6 Å². The minimum absolute atomic E-state index is 0.178. The van der Waals surface area contributed by atoms with E-state index in [1.165, 1.54) is 7.11 Å². The van der Waals surface area contributed by atoms with E-state index in [2.05, 4.69) is 9.46 Å². The van der Waals surface area contributed by atoms with Gasteiger partial charge in [-0.05, 0) is 18.8 Å². The fourth-order valence-corrected chi connectivity index (χ4v) is 4.08. The molecule has 0 amide bonds. The molecule has 1 aliphatic rings. The summed E-state index contributed by atoms with van der Waals surface area (Å²) in [5.41, 5.74) is -0.771. The molecule has 0 heterocycles. The van der Waals surface area contributed by atoms with Crippen molar-refractivity contribution in [2.75, 3.05) is 19.5 Å². The van der Waals surface area contributed by atoms with E-state index >= 15 is 0 Å². The first kappa shape index (κ1) is 16.4. The fourth-order valence-electron chi connectivity index (χ4n) is 2.63. The number of aliphatic hydroxyl groups is 1. The highest BCUT2D eigenvalue weighted by Crippen LogP contribution is 2.32. The van der Waals surface area contributed by atoms with Crippen molar-refractivity contribution in [3.05, 3.63) is 0 Å². The number of carbonyl (C=O) groups is 1. The third-order valence-electron chi connectivity index (χ3n) is 3.57. The van der Waals surface area contributed by atoms with Crippen molar-refractivity contribution in [2.45, 2.75) is 44.6 Å². The highest BCUT2D eigenvalue weighted by molar-refractivity contribution is 7.89. The van der Waals surface area contributed by atoms with E-state index in [0.29, 0.717) is 18.8 Å². The minimum Gasteiger partial charge on any atom is -0.469 e. The normalized spacial score (nSPS) is 28.1. The molecule has 0 aromatic rings. The molecule has 0 spiro atoms. The molecule has 2 N–H and O–H groups in total. The monoisotopic (exact) mass is 293 g/mol. The zero-order valence-corrected chi connectivity index (χ0v) is 12.3. The molecule has 112 valence electrons. The van der Waals surface area contributed by atoms with Gasteiger partial charge in [0.05, 0.1) is 31.4 Å². The fraction of sp³-hybridized carbons (Fsp3) is 0.917. The Morgan fingerprint density at radius 2 is 2.21 bits per heavy atom. The van der Waals surface area contributed by atoms with E-state index in [-0.39, 0.29) is 18.8 Å². The summed E-state index contributed by atoms with van der Waals surface area (Å²) in [7, 11) is -2.37. The van der Waals surface area contributed by atoms with Gasteiger partial charge < -0.3 is 9.84 Å². The van der Waals surface area contributed by atoms with Crippen LogP contribution in [0.2, 0.25) is 0 Å². The predicted molar refractivity (Wildman–Crippen MR) is 71.0 cm³/mol. The number of hydrogen-bond acceptors (Lipinski definition) is 5. The standard InChI is InChI=1S/C12H23NO5S/c1-10-4-3-6-12(8-10,9-14)13-19(16,17)7-5-11(15)18-2/h10,13-14H,3-9H2,1-2H3. The number of esters is 1. The zero-order chi connectivity index (χ0) is 14.5. The Kier molecular flexibility index (Phi) is 5.76. The van der Waals surface area contributed by atoms with Gasteiger partial charge >= 0.3 is 5.97 Å². The van der Waals surface area contributed by atoms with Crippen LogP contribution in [0.4, 0.5) is 0 Å². The molecule has 1 fully saturated rings. The van der Waals surface area contributed by atoms with Crippen LogP contribution in [0.5, 0.6) is 0 Å². The van der Waals surface area contributed by atoms with E-state index in [1.807, 2.05) is 6.92 Å². The van der Waals surface area contributed by atoms with Crippen molar-refractivity contribution in [1.29, 1.82) is 0 Å². The Labute approximate surface area is 114 Å². The second kappa shape index (κ2) is 6.67. The molecule has 19 heavy (non-hydrogen) atoms. The molecule has 0 saturated heterocycles. The lowest BCUT2D eigenvalue weighted by atomic mass is 9.78. The summed E-state index contributed by atoms with van der Waals surface area (Å²) in [5, 5.41) is 9.53. The van der Waals surface area contributed by atoms with Gasteiger partial charge in [0.2, 0.25) is 10.0 Å². The molecule has 0 aliphatic heterocycles. The first-order valence-corrected chi connectivity index (χ1v) is 8.17. The lowest BCUT2D eigenvalue weighted by Gasteiger charge is -2.38. The van der Waals surface area contributed by atoms with Crippen molar-refractivity contribution in [1.82, 2.24) is 4.72 Å². The molecule has 7 heteroatoms. The van der Waals surface area contributed by atoms with Crippen molar-refractivity contribution in [3.63, 3.8) is 0 Å². The molecule has 2 atom stereocenters. The third-order valence-corrected chi connectivity index (χ3v) is 5.05. The SMILES string of the molecule is COC(=O)CCS(=O)(=O)NC1(CO)CCCC(C)C1. The minimum atomic E-state index is -3.59. The highest BCUT2D eigenvalue weighted by Gasteiger charge is 2.37. The van der Waals surface area contributed by atoms with Crippen LogP contribution in [0.15, 0.2) is 0 Å². The van der Waals surface area contributed by atoms with Crippen molar-refractivity contribution < 1.29 is 23.1 Å². The van der Waals surface area contributed by atoms with E-state index in [4.69, 9.17) is 0 Å². The first-order valence-electron chi connectivity index (χ1n) is 6.52. The maximum Gasteiger partial charge on any atom is 0.306 e. The quantitative estimate of drug-likeness (QED) is 0.692. The second-order valence-electron chi connectivity index (χ2n) is 5.39. The van der Waals surface area contributed by atoms with Crippen LogP contribution in [0, 0.1) is 5.92 Å². The number of nitrogens with one attached hydrogen (secondary N) is 1. The number of sulfonamides is 1. The lowest BCUT2D eigenvalue weighted by molar-refractivity contribution is -0.140. The Bertz CT molecular complexity index is 408. The van der Waals surface area contributed by atoms with Gasteiger partial charge in [-0.3, -0.25) is 4.79 Å². The number of carbonyl (C=O) groups excluding carboxylic acids is 1. The largest absolute Gasteiger partial charge is 0.469 e. The number of aliphatic hydroxyl groups excluding tert-OH is 1. The molecule has 6 nitrogen and oxygen atoms in total. The van der Waals surface area contributed by atoms with E-state index < -0.39 is 21.5 Å². The van der Waals surface area contributed by atoms with Gasteiger partial charge in [0.15, 0.2) is 0 Å². The molecule has 0 bridgehead atoms. The van der Waals surface area contributed by atoms with Gasteiger partial charge in [0, 0.05) is 0 Å². The average molecular weight is 293 g/mol. The Morgan fingerprint density at radius 1 is 1.53 bits per heavy atom. The number of rotatable bonds is 6. The molecule has 0 radical (unpaired) electrons. The van der Waals surface area contributed by atoms with Gasteiger partial charge in [-0.15, -0.1) is 0 Å². The van der Waals surface area contributed by atoms with Gasteiger partial charge in [-0.2, -0.15) is 0 Å². The highest BCUT2D eigenvalue weighted by atomic mass is 32.2. The lowest BCUT2D eigenvalue weighted by Crippen LogP contribution is -2.54. The molecular weight excluding hydrogens is 270 g/mol. The molecule has 1 saturated carbocycles. The predicted octanol–water partition coefficient (Wildman–Crippen LogP) is 0.410. The maximum atomic E-state index is 12.0. The third kappa shape index (κ3) is 5.08. The maximum absolute atomic E-state index is 12.0. The molecule has 2 unspecified atom stereocenters. The summed E-state index contributed by atoms with van der Waals surface area (Å²) in [4.78, 5) is 11.0. The van der Waals surface area contributed by atoms with Crippen LogP contribution in [0.3, 0.4) is 0 Å². The Morgan fingerprint density at radius 3 is 2.74 bits per heavy atom. The summed E-state index contributed by atoms with van der Waals surface area (Å²) in [6.07, 6.45) is 3.02. The van der Waals surface area contributed by atoms with Crippen molar-refractivity contribution in [3.8, 4) is 0 Å². The van der Waals surface area contributed by atoms with Crippen LogP contribution >= 0.6 is 0 Å². The second-order valence-corrected chi connectivity index (χ2v) is 7.23. The van der Waals surface area contributed by atoms with Crippen LogP contribution in [0.25, 0.3) is 0 Å². The average Bonchev–Trinajstić information content (AvgIpc) is 2.35. The van der Waals surface area contributed by atoms with Crippen molar-refractivity contribution >= 4 is 16.0 Å². The van der Waals surface area contributed by atoms with E-state index in [9.17, 15) is 18.3 Å². The summed E-state index contributed by atoms with van der Waals surface area (Å²) < 4.78 is 30.9. The zero-order valence-electron chi connectivity index (χ0n) is 11.5. The molecular formula is C12H23NO5S. The summed E-state index contributed by atoms with van der Waals surface area (Å²) in [6.45, 7) is 1.83. The topological polar surface area (TPSA) is 92.7 Å². The van der Waals surface area contributed by atoms with Crippen molar-refractivity contribution in [2.24, 2.45) is 5.92 Å².